The minimum Gasteiger partial charge on any atom is -0.493 e. The minimum absolute atomic E-state index is 0.0710. The molecule has 0 bridgehead atoms. The van der Waals surface area contributed by atoms with Crippen LogP contribution in [0.2, 0.25) is 10.0 Å². The summed E-state index contributed by atoms with van der Waals surface area (Å²) in [5, 5.41) is 15.5. The van der Waals surface area contributed by atoms with Gasteiger partial charge in [0.25, 0.3) is 5.91 Å². The van der Waals surface area contributed by atoms with E-state index in [1.54, 1.807) is 26.4 Å². The maximum absolute atomic E-state index is 12.2. The van der Waals surface area contributed by atoms with E-state index in [0.29, 0.717) is 40.2 Å². The van der Waals surface area contributed by atoms with Gasteiger partial charge in [-0.15, -0.1) is 0 Å². The number of nitrogens with one attached hydrogen (secondary N) is 2. The van der Waals surface area contributed by atoms with Gasteiger partial charge in [0, 0.05) is 17.8 Å². The molecule has 2 N–H and O–H groups in total. The van der Waals surface area contributed by atoms with Gasteiger partial charge >= 0.3 is 0 Å². The highest BCUT2D eigenvalue weighted by Gasteiger charge is 2.11. The number of benzene rings is 2. The van der Waals surface area contributed by atoms with Gasteiger partial charge in [0.1, 0.15) is 11.6 Å². The van der Waals surface area contributed by atoms with Crippen molar-refractivity contribution in [1.82, 2.24) is 5.32 Å². The van der Waals surface area contributed by atoms with E-state index in [4.69, 9.17) is 32.7 Å². The molecule has 1 amide bonds. The molecule has 2 aromatic carbocycles. The molecule has 0 aliphatic heterocycles. The van der Waals surface area contributed by atoms with Gasteiger partial charge in [-0.3, -0.25) is 4.79 Å². The zero-order chi connectivity index (χ0) is 20.5. The maximum atomic E-state index is 12.2. The van der Waals surface area contributed by atoms with Crippen LogP contribution in [0.1, 0.15) is 5.56 Å². The standard InChI is InChI=1S/C20H19Cl2N3O3/c1-27-18-6-3-13(9-19(18)28-2)7-8-24-12-14(11-23)20(26)25-17-5-4-15(21)10-16(17)22/h3-6,9-10,12,24H,7-8H2,1-2H3,(H,25,26)/b14-12-. The van der Waals surface area contributed by atoms with Crippen molar-refractivity contribution in [2.75, 3.05) is 26.1 Å². The molecule has 0 radical (unpaired) electrons. The summed E-state index contributed by atoms with van der Waals surface area (Å²) in [4.78, 5) is 12.2. The lowest BCUT2D eigenvalue weighted by atomic mass is 10.1. The van der Waals surface area contributed by atoms with Gasteiger partial charge in [0.15, 0.2) is 11.5 Å². The summed E-state index contributed by atoms with van der Waals surface area (Å²) in [6.07, 6.45) is 2.04. The highest BCUT2D eigenvalue weighted by atomic mass is 35.5. The molecule has 0 saturated carbocycles. The monoisotopic (exact) mass is 419 g/mol. The lowest BCUT2D eigenvalue weighted by Gasteiger charge is -2.10. The summed E-state index contributed by atoms with van der Waals surface area (Å²) in [5.74, 6) is 0.737. The number of hydrogen-bond donors (Lipinski definition) is 2. The average molecular weight is 420 g/mol. The molecule has 0 atom stereocenters. The predicted molar refractivity (Wildman–Crippen MR) is 110 cm³/mol. The van der Waals surface area contributed by atoms with Gasteiger partial charge in [-0.25, -0.2) is 0 Å². The van der Waals surface area contributed by atoms with Crippen molar-refractivity contribution < 1.29 is 14.3 Å². The molecule has 0 unspecified atom stereocenters. The summed E-state index contributed by atoms with van der Waals surface area (Å²) in [5.41, 5.74) is 1.33. The first-order chi connectivity index (χ1) is 13.5. The summed E-state index contributed by atoms with van der Waals surface area (Å²) in [6, 6.07) is 12.2. The van der Waals surface area contributed by atoms with Crippen molar-refractivity contribution >= 4 is 34.8 Å². The second-order valence-electron chi connectivity index (χ2n) is 5.64. The number of halogens is 2. The molecule has 2 rings (SSSR count). The second kappa shape index (κ2) is 10.5. The normalized spacial score (nSPS) is 10.8. The van der Waals surface area contributed by atoms with Crippen LogP contribution in [0, 0.1) is 11.3 Å². The Morgan fingerprint density at radius 3 is 2.54 bits per heavy atom. The van der Waals surface area contributed by atoms with E-state index in [-0.39, 0.29) is 5.57 Å². The van der Waals surface area contributed by atoms with E-state index < -0.39 is 5.91 Å². The third-order valence-electron chi connectivity index (χ3n) is 3.80. The van der Waals surface area contributed by atoms with E-state index in [9.17, 15) is 10.1 Å². The van der Waals surface area contributed by atoms with Crippen LogP contribution in [0.25, 0.3) is 0 Å². The van der Waals surface area contributed by atoms with Crippen molar-refractivity contribution in [3.8, 4) is 17.6 Å². The van der Waals surface area contributed by atoms with Gasteiger partial charge in [-0.1, -0.05) is 29.3 Å². The molecule has 0 aliphatic rings. The van der Waals surface area contributed by atoms with Crippen LogP contribution < -0.4 is 20.1 Å². The van der Waals surface area contributed by atoms with Crippen molar-refractivity contribution in [3.05, 3.63) is 63.8 Å². The van der Waals surface area contributed by atoms with Crippen LogP contribution in [0.4, 0.5) is 5.69 Å². The number of nitriles is 1. The molecular formula is C20H19Cl2N3O3. The first kappa shape index (κ1) is 21.4. The molecule has 28 heavy (non-hydrogen) atoms. The van der Waals surface area contributed by atoms with Gasteiger partial charge in [-0.05, 0) is 42.3 Å². The lowest BCUT2D eigenvalue weighted by Crippen LogP contribution is -2.18. The van der Waals surface area contributed by atoms with Crippen molar-refractivity contribution in [2.45, 2.75) is 6.42 Å². The fourth-order valence-electron chi connectivity index (χ4n) is 2.36. The molecule has 0 fully saturated rings. The number of anilines is 1. The molecule has 6 nitrogen and oxygen atoms in total. The number of amides is 1. The van der Waals surface area contributed by atoms with Crippen LogP contribution in [0.5, 0.6) is 11.5 Å². The van der Waals surface area contributed by atoms with E-state index in [2.05, 4.69) is 10.6 Å². The number of methoxy groups -OCH3 is 2. The van der Waals surface area contributed by atoms with Crippen LogP contribution in [0.3, 0.4) is 0 Å². The maximum Gasteiger partial charge on any atom is 0.267 e. The number of nitrogens with zero attached hydrogens (tertiary/aromatic N) is 1. The zero-order valence-electron chi connectivity index (χ0n) is 15.4. The van der Waals surface area contributed by atoms with Crippen LogP contribution in [-0.4, -0.2) is 26.7 Å². The van der Waals surface area contributed by atoms with Crippen molar-refractivity contribution in [2.24, 2.45) is 0 Å². The lowest BCUT2D eigenvalue weighted by molar-refractivity contribution is -0.112. The SMILES string of the molecule is COc1ccc(CCN/C=C(/C#N)C(=O)Nc2ccc(Cl)cc2Cl)cc1OC. The first-order valence-corrected chi connectivity index (χ1v) is 9.05. The van der Waals surface area contributed by atoms with E-state index in [0.717, 1.165) is 5.56 Å². The average Bonchev–Trinajstić information content (AvgIpc) is 2.69. The molecular weight excluding hydrogens is 401 g/mol. The highest BCUT2D eigenvalue weighted by molar-refractivity contribution is 6.36. The summed E-state index contributed by atoms with van der Waals surface area (Å²) in [6.45, 7) is 0.523. The molecule has 0 heterocycles. The molecule has 0 saturated heterocycles. The Balaban J connectivity index is 1.94. The summed E-state index contributed by atoms with van der Waals surface area (Å²) in [7, 11) is 3.16. The Labute approximate surface area is 173 Å². The van der Waals surface area contributed by atoms with E-state index in [1.165, 1.54) is 12.3 Å². The van der Waals surface area contributed by atoms with Gasteiger partial charge in [-0.2, -0.15) is 5.26 Å². The largest absolute Gasteiger partial charge is 0.493 e. The summed E-state index contributed by atoms with van der Waals surface area (Å²) < 4.78 is 10.5. The number of ether oxygens (including phenoxy) is 2. The quantitative estimate of drug-likeness (QED) is 0.380. The molecule has 0 aliphatic carbocycles. The number of carbonyl (C=O) groups is 1. The molecule has 0 aromatic heterocycles. The first-order valence-electron chi connectivity index (χ1n) is 8.29. The Hall–Kier alpha value is -2.88. The van der Waals surface area contributed by atoms with E-state index in [1.807, 2.05) is 24.3 Å². The third-order valence-corrected chi connectivity index (χ3v) is 4.34. The molecule has 146 valence electrons. The smallest absolute Gasteiger partial charge is 0.267 e. The number of rotatable bonds is 8. The van der Waals surface area contributed by atoms with Crippen LogP contribution in [0.15, 0.2) is 48.2 Å². The number of hydrogen-bond acceptors (Lipinski definition) is 5. The fourth-order valence-corrected chi connectivity index (χ4v) is 2.81. The Morgan fingerprint density at radius 1 is 1.14 bits per heavy atom. The molecule has 2 aromatic rings. The van der Waals surface area contributed by atoms with Crippen LogP contribution >= 0.6 is 23.2 Å². The van der Waals surface area contributed by atoms with Crippen molar-refractivity contribution in [1.29, 1.82) is 5.26 Å². The van der Waals surface area contributed by atoms with Crippen molar-refractivity contribution in [3.63, 3.8) is 0 Å². The number of carbonyl (C=O) groups excluding carboxylic acids is 1. The third kappa shape index (κ3) is 5.81. The Kier molecular flexibility index (Phi) is 8.00. The van der Waals surface area contributed by atoms with Crippen LogP contribution in [-0.2, 0) is 11.2 Å². The van der Waals surface area contributed by atoms with Gasteiger partial charge in [0.05, 0.1) is 24.9 Å². The van der Waals surface area contributed by atoms with Gasteiger partial charge < -0.3 is 20.1 Å². The minimum atomic E-state index is -0.565. The fraction of sp³-hybridized carbons (Fsp3) is 0.200. The Bertz CT molecular complexity index is 923. The molecule has 0 spiro atoms. The van der Waals surface area contributed by atoms with Gasteiger partial charge in [0.2, 0.25) is 0 Å². The predicted octanol–water partition coefficient (Wildman–Crippen LogP) is 4.19. The highest BCUT2D eigenvalue weighted by Crippen LogP contribution is 2.27. The Morgan fingerprint density at radius 2 is 1.89 bits per heavy atom. The van der Waals surface area contributed by atoms with E-state index >= 15 is 0 Å². The zero-order valence-corrected chi connectivity index (χ0v) is 16.9. The summed E-state index contributed by atoms with van der Waals surface area (Å²) >= 11 is 11.9. The topological polar surface area (TPSA) is 83.4 Å². The molecule has 8 heteroatoms. The second-order valence-corrected chi connectivity index (χ2v) is 6.49.